The molecule has 3 N–H and O–H groups in total. The number of carboxylic acids is 1. The molecule has 5 rings (SSSR count). The van der Waals surface area contributed by atoms with Crippen molar-refractivity contribution in [2.75, 3.05) is 13.2 Å². The van der Waals surface area contributed by atoms with Crippen LogP contribution in [0.1, 0.15) is 49.1 Å². The van der Waals surface area contributed by atoms with Crippen molar-refractivity contribution in [1.82, 2.24) is 10.2 Å². The zero-order chi connectivity index (χ0) is 24.5. The van der Waals surface area contributed by atoms with Gasteiger partial charge in [0, 0.05) is 24.9 Å². The van der Waals surface area contributed by atoms with Crippen LogP contribution in [-0.4, -0.2) is 64.4 Å². The van der Waals surface area contributed by atoms with Crippen LogP contribution in [0.4, 0.5) is 4.79 Å². The van der Waals surface area contributed by atoms with Crippen LogP contribution >= 0.6 is 0 Å². The fourth-order valence-electron chi connectivity index (χ4n) is 5.90. The smallest absolute Gasteiger partial charge is 0.407 e. The predicted molar refractivity (Wildman–Crippen MR) is 128 cm³/mol. The minimum atomic E-state index is -1.12. The third-order valence-corrected chi connectivity index (χ3v) is 7.58. The Hall–Kier alpha value is -3.39. The van der Waals surface area contributed by atoms with E-state index in [-0.39, 0.29) is 31.4 Å². The molecule has 35 heavy (non-hydrogen) atoms. The van der Waals surface area contributed by atoms with Crippen LogP contribution in [-0.2, 0) is 14.3 Å². The number of aliphatic hydroxyl groups excluding tert-OH is 1. The monoisotopic (exact) mass is 478 g/mol. The van der Waals surface area contributed by atoms with E-state index in [0.29, 0.717) is 12.8 Å². The van der Waals surface area contributed by atoms with E-state index in [1.54, 1.807) is 0 Å². The highest BCUT2D eigenvalue weighted by molar-refractivity contribution is 5.87. The number of nitrogens with zero attached hydrogens (tertiary/aromatic N) is 1. The van der Waals surface area contributed by atoms with Crippen molar-refractivity contribution < 1.29 is 29.3 Å². The molecule has 0 unspecified atom stereocenters. The normalized spacial score (nSPS) is 25.6. The molecule has 0 bridgehead atoms. The lowest BCUT2D eigenvalue weighted by molar-refractivity contribution is -0.150. The first-order valence-electron chi connectivity index (χ1n) is 12.3. The highest BCUT2D eigenvalue weighted by atomic mass is 16.5. The summed E-state index contributed by atoms with van der Waals surface area (Å²) in [7, 11) is 0. The number of aliphatic carboxylic acids is 1. The summed E-state index contributed by atoms with van der Waals surface area (Å²) in [6.45, 7) is 0.189. The molecule has 2 aromatic rings. The Morgan fingerprint density at radius 3 is 2.26 bits per heavy atom. The number of nitrogens with one attached hydrogen (secondary N) is 1. The van der Waals surface area contributed by atoms with Crippen molar-refractivity contribution >= 4 is 18.0 Å². The van der Waals surface area contributed by atoms with E-state index in [0.717, 1.165) is 35.1 Å². The summed E-state index contributed by atoms with van der Waals surface area (Å²) in [6.07, 6.45) is 1.47. The molecule has 0 spiro atoms. The number of carboxylic acid groups (broad SMARTS) is 1. The Balaban J connectivity index is 1.25. The number of hydrogen-bond acceptors (Lipinski definition) is 5. The standard InChI is InChI=1S/C27H30N2O6/c30-16-13-24(26(32)33)29(14-16)25(31)21-11-5-6-12-23(21)28-27(34)35-15-22-19-9-3-1-7-17(19)18-8-2-4-10-20(18)22/h1-4,7-10,16,21-24,30H,5-6,11-15H2,(H,28,34)(H,32,33)/t16-,21-,23+,24-/m1/s1. The molecule has 2 amide bonds. The van der Waals surface area contributed by atoms with Gasteiger partial charge < -0.3 is 25.2 Å². The highest BCUT2D eigenvalue weighted by Gasteiger charge is 2.44. The minimum absolute atomic E-state index is 0.00393. The SMILES string of the molecule is O=C(N[C@H]1CCCC[C@H]1C(=O)N1C[C@H](O)C[C@@H]1C(=O)O)OCC1c2ccccc2-c2ccccc21. The van der Waals surface area contributed by atoms with Gasteiger partial charge in [-0.3, -0.25) is 4.79 Å². The van der Waals surface area contributed by atoms with Crippen molar-refractivity contribution in [2.45, 2.75) is 56.2 Å². The maximum Gasteiger partial charge on any atom is 0.407 e. The average Bonchev–Trinajstić information content (AvgIpc) is 3.41. The topological polar surface area (TPSA) is 116 Å². The summed E-state index contributed by atoms with van der Waals surface area (Å²) in [5.74, 6) is -2.03. The van der Waals surface area contributed by atoms with Gasteiger partial charge >= 0.3 is 12.1 Å². The minimum Gasteiger partial charge on any atom is -0.480 e. The molecule has 1 saturated heterocycles. The fourth-order valence-corrected chi connectivity index (χ4v) is 5.90. The molecule has 1 aliphatic heterocycles. The van der Waals surface area contributed by atoms with Gasteiger partial charge in [-0.05, 0) is 35.1 Å². The van der Waals surface area contributed by atoms with Crippen LogP contribution in [0.2, 0.25) is 0 Å². The summed E-state index contributed by atoms with van der Waals surface area (Å²) in [6, 6.07) is 14.8. The summed E-state index contributed by atoms with van der Waals surface area (Å²) >= 11 is 0. The summed E-state index contributed by atoms with van der Waals surface area (Å²) in [5, 5.41) is 22.3. The molecule has 3 aliphatic rings. The number of alkyl carbamates (subject to hydrolysis) is 1. The second-order valence-electron chi connectivity index (χ2n) is 9.70. The van der Waals surface area contributed by atoms with Gasteiger partial charge in [-0.25, -0.2) is 9.59 Å². The van der Waals surface area contributed by atoms with Gasteiger partial charge in [0.1, 0.15) is 12.6 Å². The molecule has 1 heterocycles. The third-order valence-electron chi connectivity index (χ3n) is 7.58. The molecule has 8 nitrogen and oxygen atoms in total. The lowest BCUT2D eigenvalue weighted by Gasteiger charge is -2.34. The predicted octanol–water partition coefficient (Wildman–Crippen LogP) is 3.13. The number of rotatable bonds is 5. The number of hydrogen-bond donors (Lipinski definition) is 3. The molecule has 4 atom stereocenters. The molecule has 2 fully saturated rings. The molecule has 2 aliphatic carbocycles. The zero-order valence-corrected chi connectivity index (χ0v) is 19.4. The van der Waals surface area contributed by atoms with Gasteiger partial charge in [-0.2, -0.15) is 0 Å². The zero-order valence-electron chi connectivity index (χ0n) is 19.4. The Morgan fingerprint density at radius 1 is 0.971 bits per heavy atom. The second-order valence-corrected chi connectivity index (χ2v) is 9.70. The highest BCUT2D eigenvalue weighted by Crippen LogP contribution is 2.44. The van der Waals surface area contributed by atoms with E-state index in [9.17, 15) is 24.6 Å². The van der Waals surface area contributed by atoms with Crippen molar-refractivity contribution in [2.24, 2.45) is 5.92 Å². The Morgan fingerprint density at radius 2 is 1.60 bits per heavy atom. The first-order chi connectivity index (χ1) is 16.9. The number of fused-ring (bicyclic) bond motifs is 3. The van der Waals surface area contributed by atoms with Crippen molar-refractivity contribution in [3.05, 3.63) is 59.7 Å². The number of ether oxygens (including phenoxy) is 1. The van der Waals surface area contributed by atoms with Gasteiger partial charge in [0.05, 0.1) is 12.0 Å². The van der Waals surface area contributed by atoms with Crippen LogP contribution in [0.3, 0.4) is 0 Å². The van der Waals surface area contributed by atoms with E-state index in [1.807, 2.05) is 24.3 Å². The number of benzene rings is 2. The first kappa shape index (κ1) is 23.4. The quantitative estimate of drug-likeness (QED) is 0.608. The molecule has 184 valence electrons. The summed E-state index contributed by atoms with van der Waals surface area (Å²) < 4.78 is 5.66. The molecule has 2 aromatic carbocycles. The third kappa shape index (κ3) is 4.50. The molecule has 0 aromatic heterocycles. The molecule has 0 radical (unpaired) electrons. The Bertz CT molecular complexity index is 1090. The summed E-state index contributed by atoms with van der Waals surface area (Å²) in [5.41, 5.74) is 4.55. The lowest BCUT2D eigenvalue weighted by atomic mass is 9.83. The van der Waals surface area contributed by atoms with Crippen molar-refractivity contribution in [3.8, 4) is 11.1 Å². The summed E-state index contributed by atoms with van der Waals surface area (Å²) in [4.78, 5) is 38.9. The number of likely N-dealkylation sites (tertiary alicyclic amines) is 1. The number of aliphatic hydroxyl groups is 1. The van der Waals surface area contributed by atoms with E-state index < -0.39 is 36.2 Å². The fraction of sp³-hybridized carbons (Fsp3) is 0.444. The van der Waals surface area contributed by atoms with Crippen LogP contribution < -0.4 is 5.32 Å². The molecular weight excluding hydrogens is 448 g/mol. The van der Waals surface area contributed by atoms with Crippen LogP contribution in [0.25, 0.3) is 11.1 Å². The molecule has 1 saturated carbocycles. The average molecular weight is 479 g/mol. The maximum absolute atomic E-state index is 13.3. The number of carbonyl (C=O) groups excluding carboxylic acids is 2. The molecule has 8 heteroatoms. The van der Waals surface area contributed by atoms with Crippen molar-refractivity contribution in [1.29, 1.82) is 0 Å². The van der Waals surface area contributed by atoms with Crippen LogP contribution in [0.15, 0.2) is 48.5 Å². The lowest BCUT2D eigenvalue weighted by Crippen LogP contribution is -2.52. The van der Waals surface area contributed by atoms with Gasteiger partial charge in [-0.15, -0.1) is 0 Å². The van der Waals surface area contributed by atoms with Gasteiger partial charge in [-0.1, -0.05) is 61.4 Å². The van der Waals surface area contributed by atoms with Gasteiger partial charge in [0.15, 0.2) is 0 Å². The van der Waals surface area contributed by atoms with E-state index in [1.165, 1.54) is 4.90 Å². The van der Waals surface area contributed by atoms with E-state index >= 15 is 0 Å². The maximum atomic E-state index is 13.3. The largest absolute Gasteiger partial charge is 0.480 e. The molecular formula is C27H30N2O6. The van der Waals surface area contributed by atoms with Gasteiger partial charge in [0.25, 0.3) is 0 Å². The van der Waals surface area contributed by atoms with Gasteiger partial charge in [0.2, 0.25) is 5.91 Å². The van der Waals surface area contributed by atoms with E-state index in [4.69, 9.17) is 4.74 Å². The number of amides is 2. The number of carbonyl (C=O) groups is 3. The van der Waals surface area contributed by atoms with Crippen molar-refractivity contribution in [3.63, 3.8) is 0 Å². The second kappa shape index (κ2) is 9.70. The first-order valence-corrected chi connectivity index (χ1v) is 12.3. The number of β-amino-alcohol motifs (C(OH)–C–C–N with tert-alkyl or cyclic N) is 1. The Labute approximate surface area is 203 Å². The van der Waals surface area contributed by atoms with Crippen LogP contribution in [0.5, 0.6) is 0 Å². The van der Waals surface area contributed by atoms with Crippen LogP contribution in [0, 0.1) is 5.92 Å². The Kier molecular flexibility index (Phi) is 6.47. The van der Waals surface area contributed by atoms with E-state index in [2.05, 4.69) is 29.6 Å².